The normalized spacial score (nSPS) is 12.8. The average Bonchev–Trinajstić information content (AvgIpc) is 2.75. The van der Waals surface area contributed by atoms with E-state index in [0.29, 0.717) is 12.0 Å². The predicted molar refractivity (Wildman–Crippen MR) is 129 cm³/mol. The Morgan fingerprint density at radius 3 is 2.18 bits per heavy atom. The van der Waals surface area contributed by atoms with Crippen LogP contribution in [0.1, 0.15) is 71.6 Å². The number of carbonyl (C=O) groups is 4. The van der Waals surface area contributed by atoms with Gasteiger partial charge in [-0.2, -0.15) is 0 Å². The van der Waals surface area contributed by atoms with Crippen molar-refractivity contribution in [2.75, 3.05) is 19.7 Å². The molecule has 0 bridgehead atoms. The second-order valence-corrected chi connectivity index (χ2v) is 9.07. The summed E-state index contributed by atoms with van der Waals surface area (Å²) in [5.41, 5.74) is 0.940. The summed E-state index contributed by atoms with van der Waals surface area (Å²) in [5.74, 6) is -1.25. The SMILES string of the molecule is CCOC(=O)CCNC(=O)C(c1ccc(C)cc1)N(C(=O)CNC(=O)OC(C)(C)C)C(C)CC. The number of ether oxygens (including phenoxy) is 2. The van der Waals surface area contributed by atoms with Crippen LogP contribution in [0.5, 0.6) is 0 Å². The number of hydrogen-bond donors (Lipinski definition) is 2. The van der Waals surface area contributed by atoms with Gasteiger partial charge in [0, 0.05) is 12.6 Å². The molecule has 0 fully saturated rings. The summed E-state index contributed by atoms with van der Waals surface area (Å²) < 4.78 is 10.1. The fraction of sp³-hybridized carbons (Fsp3) is 0.600. The molecule has 9 nitrogen and oxygen atoms in total. The minimum Gasteiger partial charge on any atom is -0.466 e. The third-order valence-corrected chi connectivity index (χ3v) is 4.99. The maximum absolute atomic E-state index is 13.3. The lowest BCUT2D eigenvalue weighted by Gasteiger charge is -2.36. The van der Waals surface area contributed by atoms with E-state index in [-0.39, 0.29) is 32.2 Å². The van der Waals surface area contributed by atoms with E-state index in [1.165, 1.54) is 4.90 Å². The summed E-state index contributed by atoms with van der Waals surface area (Å²) in [6, 6.07) is 6.10. The van der Waals surface area contributed by atoms with Gasteiger partial charge in [0.15, 0.2) is 0 Å². The first-order valence-corrected chi connectivity index (χ1v) is 11.7. The molecular formula is C25H39N3O6. The first-order valence-electron chi connectivity index (χ1n) is 11.7. The van der Waals surface area contributed by atoms with Gasteiger partial charge in [0.25, 0.3) is 0 Å². The van der Waals surface area contributed by atoms with Crippen LogP contribution in [0.15, 0.2) is 24.3 Å². The number of aryl methyl sites for hydroxylation is 1. The molecule has 1 aromatic rings. The second-order valence-electron chi connectivity index (χ2n) is 9.07. The molecule has 1 rings (SSSR count). The zero-order chi connectivity index (χ0) is 25.9. The Labute approximate surface area is 202 Å². The standard InChI is InChI=1S/C25H39N3O6/c1-8-18(4)28(20(29)16-27-24(32)34-25(5,6)7)22(19-12-10-17(3)11-13-19)23(31)26-15-14-21(30)33-9-2/h10-13,18,22H,8-9,14-16H2,1-7H3,(H,26,31)(H,27,32). The van der Waals surface area contributed by atoms with Crippen molar-refractivity contribution in [2.45, 2.75) is 79.0 Å². The monoisotopic (exact) mass is 477 g/mol. The smallest absolute Gasteiger partial charge is 0.408 e. The molecule has 0 aliphatic rings. The van der Waals surface area contributed by atoms with Gasteiger partial charge in [-0.05, 0) is 53.5 Å². The number of carbonyl (C=O) groups excluding carboxylic acids is 4. The minimum atomic E-state index is -0.939. The highest BCUT2D eigenvalue weighted by molar-refractivity contribution is 5.90. The number of benzene rings is 1. The van der Waals surface area contributed by atoms with Crippen molar-refractivity contribution in [3.8, 4) is 0 Å². The summed E-state index contributed by atoms with van der Waals surface area (Å²) in [4.78, 5) is 51.8. The van der Waals surface area contributed by atoms with Crippen molar-refractivity contribution < 1.29 is 28.7 Å². The van der Waals surface area contributed by atoms with Gasteiger partial charge in [-0.3, -0.25) is 14.4 Å². The van der Waals surface area contributed by atoms with Crippen molar-refractivity contribution >= 4 is 23.9 Å². The van der Waals surface area contributed by atoms with E-state index in [4.69, 9.17) is 9.47 Å². The van der Waals surface area contributed by atoms with E-state index < -0.39 is 35.5 Å². The highest BCUT2D eigenvalue weighted by Gasteiger charge is 2.34. The molecule has 34 heavy (non-hydrogen) atoms. The van der Waals surface area contributed by atoms with Crippen LogP contribution in [0.25, 0.3) is 0 Å². The van der Waals surface area contributed by atoms with Gasteiger partial charge in [0.05, 0.1) is 13.0 Å². The first kappa shape index (κ1) is 28.9. The van der Waals surface area contributed by atoms with Gasteiger partial charge < -0.3 is 25.0 Å². The van der Waals surface area contributed by atoms with Gasteiger partial charge in [0.2, 0.25) is 11.8 Å². The van der Waals surface area contributed by atoms with E-state index in [9.17, 15) is 19.2 Å². The van der Waals surface area contributed by atoms with Crippen LogP contribution in [0.3, 0.4) is 0 Å². The molecule has 0 aliphatic carbocycles. The maximum Gasteiger partial charge on any atom is 0.408 e. The summed E-state index contributed by atoms with van der Waals surface area (Å²) in [7, 11) is 0. The molecule has 1 aromatic carbocycles. The molecule has 190 valence electrons. The fourth-order valence-corrected chi connectivity index (χ4v) is 3.20. The highest BCUT2D eigenvalue weighted by Crippen LogP contribution is 2.25. The average molecular weight is 478 g/mol. The molecule has 0 saturated carbocycles. The molecule has 0 spiro atoms. The van der Waals surface area contributed by atoms with Gasteiger partial charge >= 0.3 is 12.1 Å². The lowest BCUT2D eigenvalue weighted by Crippen LogP contribution is -2.51. The topological polar surface area (TPSA) is 114 Å². The Morgan fingerprint density at radius 2 is 1.65 bits per heavy atom. The Balaban J connectivity index is 3.14. The summed E-state index contributed by atoms with van der Waals surface area (Å²) >= 11 is 0. The lowest BCUT2D eigenvalue weighted by atomic mass is 10.00. The van der Waals surface area contributed by atoms with Crippen molar-refractivity contribution in [3.63, 3.8) is 0 Å². The number of amides is 3. The highest BCUT2D eigenvalue weighted by atomic mass is 16.6. The van der Waals surface area contributed by atoms with Crippen molar-refractivity contribution in [1.82, 2.24) is 15.5 Å². The van der Waals surface area contributed by atoms with Crippen molar-refractivity contribution in [1.29, 1.82) is 0 Å². The number of nitrogens with zero attached hydrogens (tertiary/aromatic N) is 1. The van der Waals surface area contributed by atoms with Crippen molar-refractivity contribution in [3.05, 3.63) is 35.4 Å². The van der Waals surface area contributed by atoms with Crippen LogP contribution < -0.4 is 10.6 Å². The van der Waals surface area contributed by atoms with E-state index >= 15 is 0 Å². The quantitative estimate of drug-likeness (QED) is 0.473. The van der Waals surface area contributed by atoms with Gasteiger partial charge in [-0.25, -0.2) is 4.79 Å². The third kappa shape index (κ3) is 9.80. The van der Waals surface area contributed by atoms with Crippen molar-refractivity contribution in [2.24, 2.45) is 0 Å². The molecule has 3 amide bonds. The Hall–Kier alpha value is -3.10. The van der Waals surface area contributed by atoms with Gasteiger partial charge in [-0.15, -0.1) is 0 Å². The zero-order valence-electron chi connectivity index (χ0n) is 21.4. The number of esters is 1. The molecule has 2 unspecified atom stereocenters. The summed E-state index contributed by atoms with van der Waals surface area (Å²) in [5, 5.41) is 5.23. The Morgan fingerprint density at radius 1 is 1.03 bits per heavy atom. The molecule has 0 radical (unpaired) electrons. The summed E-state index contributed by atoms with van der Waals surface area (Å²) in [6.45, 7) is 12.6. The van der Waals surface area contributed by atoms with Crippen LogP contribution >= 0.6 is 0 Å². The fourth-order valence-electron chi connectivity index (χ4n) is 3.20. The van der Waals surface area contributed by atoms with Crippen LogP contribution in [0.4, 0.5) is 4.79 Å². The summed E-state index contributed by atoms with van der Waals surface area (Å²) in [6.07, 6.45) is -0.0929. The Bertz CT molecular complexity index is 832. The molecular weight excluding hydrogens is 438 g/mol. The van der Waals surface area contributed by atoms with Gasteiger partial charge in [0.1, 0.15) is 18.2 Å². The lowest BCUT2D eigenvalue weighted by molar-refractivity contribution is -0.144. The maximum atomic E-state index is 13.3. The predicted octanol–water partition coefficient (Wildman–Crippen LogP) is 3.26. The van der Waals surface area contributed by atoms with E-state index in [0.717, 1.165) is 5.56 Å². The third-order valence-electron chi connectivity index (χ3n) is 4.99. The number of alkyl carbamates (subject to hydrolysis) is 1. The van der Waals surface area contributed by atoms with Crippen LogP contribution in [-0.2, 0) is 23.9 Å². The molecule has 9 heteroatoms. The van der Waals surface area contributed by atoms with E-state index in [1.54, 1.807) is 39.8 Å². The molecule has 0 heterocycles. The number of rotatable bonds is 11. The van der Waals surface area contributed by atoms with E-state index in [2.05, 4.69) is 10.6 Å². The van der Waals surface area contributed by atoms with Crippen LogP contribution in [0.2, 0.25) is 0 Å². The Kier molecular flexibility index (Phi) is 11.5. The first-order chi connectivity index (χ1) is 15.9. The molecule has 2 N–H and O–H groups in total. The number of hydrogen-bond acceptors (Lipinski definition) is 6. The molecule has 0 aromatic heterocycles. The molecule has 0 saturated heterocycles. The van der Waals surface area contributed by atoms with Gasteiger partial charge in [-0.1, -0.05) is 36.8 Å². The number of nitrogens with one attached hydrogen (secondary N) is 2. The minimum absolute atomic E-state index is 0.0255. The van der Waals surface area contributed by atoms with Crippen LogP contribution in [0, 0.1) is 6.92 Å². The van der Waals surface area contributed by atoms with Crippen LogP contribution in [-0.4, -0.2) is 60.1 Å². The molecule has 2 atom stereocenters. The van der Waals surface area contributed by atoms with E-state index in [1.807, 2.05) is 32.9 Å². The second kappa shape index (κ2) is 13.6. The zero-order valence-corrected chi connectivity index (χ0v) is 21.4. The molecule has 0 aliphatic heterocycles. The largest absolute Gasteiger partial charge is 0.466 e.